The Bertz CT molecular complexity index is 1440. The Hall–Kier alpha value is -3.34. The van der Waals surface area contributed by atoms with E-state index in [0.29, 0.717) is 17.4 Å². The highest BCUT2D eigenvalue weighted by atomic mass is 35.5. The van der Waals surface area contributed by atoms with Gasteiger partial charge in [-0.15, -0.1) is 0 Å². The average Bonchev–Trinajstić information content (AvgIpc) is 3.04. The zero-order chi connectivity index (χ0) is 37.3. The van der Waals surface area contributed by atoms with Crippen molar-refractivity contribution in [2.24, 2.45) is 5.41 Å². The number of anilines is 2. The first-order chi connectivity index (χ1) is 23.7. The summed E-state index contributed by atoms with van der Waals surface area (Å²) in [5.41, 5.74) is -1.44. The molecule has 10 nitrogen and oxygen atoms in total. The first-order valence-corrected chi connectivity index (χ1v) is 18.3. The zero-order valence-corrected chi connectivity index (χ0v) is 32.2. The number of hydrogen-bond donors (Lipinski definition) is 1. The Morgan fingerprint density at radius 3 is 1.90 bits per heavy atom. The van der Waals surface area contributed by atoms with Crippen LogP contribution in [0.15, 0.2) is 41.8 Å². The number of nitrogens with one attached hydrogen (secondary N) is 1. The van der Waals surface area contributed by atoms with Gasteiger partial charge in [-0.2, -0.15) is 0 Å². The normalized spacial score (nSPS) is 11.8. The molecule has 0 aliphatic carbocycles. The predicted octanol–water partition coefficient (Wildman–Crippen LogP) is 11.1. The Kier molecular flexibility index (Phi) is 18.7. The number of carbonyl (C=O) groups is 3. The van der Waals surface area contributed by atoms with Gasteiger partial charge in [-0.25, -0.2) is 14.5 Å². The van der Waals surface area contributed by atoms with Gasteiger partial charge in [0.25, 0.3) is 5.91 Å². The van der Waals surface area contributed by atoms with Crippen LogP contribution in [0.4, 0.5) is 21.0 Å². The maximum absolute atomic E-state index is 14.4. The molecule has 2 aromatic carbocycles. The van der Waals surface area contributed by atoms with Crippen molar-refractivity contribution in [3.63, 3.8) is 0 Å². The second-order valence-corrected chi connectivity index (χ2v) is 13.9. The Balaban J connectivity index is 2.49. The molecule has 0 atom stereocenters. The van der Waals surface area contributed by atoms with Gasteiger partial charge < -0.3 is 29.4 Å². The van der Waals surface area contributed by atoms with Crippen LogP contribution in [0.1, 0.15) is 106 Å². The van der Waals surface area contributed by atoms with Crippen molar-refractivity contribution >= 4 is 64.3 Å². The molecular formula is C37H50Cl3N2O8-. The van der Waals surface area contributed by atoms with Gasteiger partial charge in [-0.05, 0) is 50.6 Å². The van der Waals surface area contributed by atoms with E-state index >= 15 is 0 Å². The minimum Gasteiger partial charge on any atom is -0.870 e. The molecule has 0 spiro atoms. The van der Waals surface area contributed by atoms with Crippen LogP contribution in [0, 0.1) is 5.41 Å². The minimum atomic E-state index is -1.11. The molecule has 0 aromatic heterocycles. The summed E-state index contributed by atoms with van der Waals surface area (Å²) in [7, 11) is 0. The summed E-state index contributed by atoms with van der Waals surface area (Å²) in [6.45, 7) is 10.7. The summed E-state index contributed by atoms with van der Waals surface area (Å²) < 4.78 is 22.0. The first-order valence-electron chi connectivity index (χ1n) is 17.2. The molecule has 0 fully saturated rings. The summed E-state index contributed by atoms with van der Waals surface area (Å²) in [5.74, 6) is -1.50. The third-order valence-corrected chi connectivity index (χ3v) is 8.22. The van der Waals surface area contributed by atoms with Gasteiger partial charge in [0, 0.05) is 20.5 Å². The van der Waals surface area contributed by atoms with E-state index in [1.165, 1.54) is 51.0 Å². The fraction of sp³-hybridized carbons (Fsp3) is 0.541. The van der Waals surface area contributed by atoms with Gasteiger partial charge >= 0.3 is 12.2 Å². The van der Waals surface area contributed by atoms with Crippen LogP contribution in [0.3, 0.4) is 0 Å². The lowest BCUT2D eigenvalue weighted by Crippen LogP contribution is -2.40. The van der Waals surface area contributed by atoms with Crippen molar-refractivity contribution in [1.82, 2.24) is 0 Å². The lowest BCUT2D eigenvalue weighted by molar-refractivity contribution is -0.268. The van der Waals surface area contributed by atoms with Crippen molar-refractivity contribution in [3.05, 3.63) is 56.9 Å². The third-order valence-electron chi connectivity index (χ3n) is 7.42. The standard InChI is InChI=1S/C37H51Cl3N2O8/c1-7-10-11-12-13-14-15-16-17-18-21-49-30-20-19-25(38)22-29(30)41-34(44)31(33(37(4,5)6)50-36(46)48-9-3)42(35(45)47-8-2)26-23-27(39)32(43)28(40)24-26/h19-20,22-24,43H,7-18,21H2,1-6H3,(H,41,44)/p-1. The number of rotatable bonds is 19. The molecular weight excluding hydrogens is 707 g/mol. The van der Waals surface area contributed by atoms with Gasteiger partial charge in [0.1, 0.15) is 11.5 Å². The summed E-state index contributed by atoms with van der Waals surface area (Å²) in [6.07, 6.45) is 9.57. The fourth-order valence-electron chi connectivity index (χ4n) is 4.96. The molecule has 278 valence electrons. The van der Waals surface area contributed by atoms with Crippen molar-refractivity contribution in [1.29, 1.82) is 0 Å². The number of amides is 2. The van der Waals surface area contributed by atoms with Crippen LogP contribution in [0.25, 0.3) is 0 Å². The van der Waals surface area contributed by atoms with Gasteiger partial charge in [-0.3, -0.25) is 4.79 Å². The number of carbonyl (C=O) groups excluding carboxylic acids is 3. The van der Waals surface area contributed by atoms with Crippen LogP contribution in [-0.4, -0.2) is 38.0 Å². The zero-order valence-electron chi connectivity index (χ0n) is 29.9. The second kappa shape index (κ2) is 21.8. The average molecular weight is 757 g/mol. The summed E-state index contributed by atoms with van der Waals surface area (Å²) in [5, 5.41) is 14.8. The maximum Gasteiger partial charge on any atom is 0.513 e. The molecule has 0 radical (unpaired) electrons. The number of ether oxygens (including phenoxy) is 4. The van der Waals surface area contributed by atoms with Crippen molar-refractivity contribution in [3.8, 4) is 11.5 Å². The molecule has 2 aromatic rings. The van der Waals surface area contributed by atoms with E-state index in [1.54, 1.807) is 46.8 Å². The van der Waals surface area contributed by atoms with E-state index in [2.05, 4.69) is 12.2 Å². The van der Waals surface area contributed by atoms with Crippen molar-refractivity contribution in [2.75, 3.05) is 30.0 Å². The molecule has 0 unspecified atom stereocenters. The van der Waals surface area contributed by atoms with Crippen LogP contribution >= 0.6 is 34.8 Å². The minimum absolute atomic E-state index is 0.0161. The van der Waals surface area contributed by atoms with E-state index in [9.17, 15) is 19.5 Å². The highest BCUT2D eigenvalue weighted by molar-refractivity contribution is 6.37. The lowest BCUT2D eigenvalue weighted by atomic mass is 9.91. The number of halogens is 3. The lowest BCUT2D eigenvalue weighted by Gasteiger charge is -2.31. The quantitative estimate of drug-likeness (QED) is 0.0649. The summed E-state index contributed by atoms with van der Waals surface area (Å²) in [6, 6.07) is 7.08. The van der Waals surface area contributed by atoms with Crippen LogP contribution in [0.5, 0.6) is 11.5 Å². The maximum atomic E-state index is 14.4. The van der Waals surface area contributed by atoms with Gasteiger partial charge in [-0.1, -0.05) is 126 Å². The van der Waals surface area contributed by atoms with Crippen molar-refractivity contribution < 1.29 is 38.4 Å². The monoisotopic (exact) mass is 755 g/mol. The van der Waals surface area contributed by atoms with E-state index in [-0.39, 0.29) is 40.4 Å². The Morgan fingerprint density at radius 1 is 0.800 bits per heavy atom. The molecule has 50 heavy (non-hydrogen) atoms. The van der Waals surface area contributed by atoms with Crippen LogP contribution in [-0.2, 0) is 19.0 Å². The highest BCUT2D eigenvalue weighted by Crippen LogP contribution is 2.39. The van der Waals surface area contributed by atoms with Gasteiger partial charge in [0.2, 0.25) is 0 Å². The fourth-order valence-corrected chi connectivity index (χ4v) is 5.61. The SMILES string of the molecule is CCCCCCCCCCCCOc1ccc(Cl)cc1NC(=O)C(=C(OC(=O)OCC)C(C)(C)C)N(C(=O)OCC)c1cc(Cl)c([O-])c(Cl)c1. The summed E-state index contributed by atoms with van der Waals surface area (Å²) in [4.78, 5) is 41.6. The van der Waals surface area contributed by atoms with Crippen LogP contribution in [0.2, 0.25) is 15.1 Å². The number of benzene rings is 2. The molecule has 13 heteroatoms. The predicted molar refractivity (Wildman–Crippen MR) is 197 cm³/mol. The number of hydrogen-bond acceptors (Lipinski definition) is 8. The molecule has 2 rings (SSSR count). The second-order valence-electron chi connectivity index (χ2n) is 12.6. The molecule has 0 saturated carbocycles. The molecule has 0 bridgehead atoms. The third kappa shape index (κ3) is 13.8. The number of nitrogens with zero attached hydrogens (tertiary/aromatic N) is 1. The van der Waals surface area contributed by atoms with E-state index in [1.807, 2.05) is 0 Å². The molecule has 1 N–H and O–H groups in total. The smallest absolute Gasteiger partial charge is 0.513 e. The van der Waals surface area contributed by atoms with E-state index in [0.717, 1.165) is 36.3 Å². The van der Waals surface area contributed by atoms with E-state index < -0.39 is 35.0 Å². The Morgan fingerprint density at radius 2 is 1.36 bits per heavy atom. The largest absolute Gasteiger partial charge is 0.870 e. The topological polar surface area (TPSA) is 126 Å². The first kappa shape index (κ1) is 42.8. The van der Waals surface area contributed by atoms with Crippen LogP contribution < -0.4 is 20.1 Å². The molecule has 2 amide bonds. The van der Waals surface area contributed by atoms with E-state index in [4.69, 9.17) is 53.8 Å². The molecule has 0 aliphatic rings. The molecule has 0 heterocycles. The molecule has 0 aliphatic heterocycles. The number of allylic oxidation sites excluding steroid dienone is 1. The highest BCUT2D eigenvalue weighted by Gasteiger charge is 2.38. The molecule has 0 saturated heterocycles. The van der Waals surface area contributed by atoms with Gasteiger partial charge in [0.05, 0.1) is 31.2 Å². The van der Waals surface area contributed by atoms with Crippen molar-refractivity contribution in [2.45, 2.75) is 106 Å². The Labute approximate surface area is 311 Å². The number of unbranched alkanes of at least 4 members (excludes halogenated alkanes) is 9. The van der Waals surface area contributed by atoms with Gasteiger partial charge in [0.15, 0.2) is 5.70 Å². The summed E-state index contributed by atoms with van der Waals surface area (Å²) >= 11 is 18.7.